The van der Waals surface area contributed by atoms with Crippen molar-refractivity contribution in [3.8, 4) is 11.4 Å². The lowest BCUT2D eigenvalue weighted by Gasteiger charge is -2.29. The summed E-state index contributed by atoms with van der Waals surface area (Å²) in [5.41, 5.74) is 3.14. The monoisotopic (exact) mass is 444 g/mol. The molecule has 0 spiro atoms. The quantitative estimate of drug-likeness (QED) is 0.429. The van der Waals surface area contributed by atoms with Crippen LogP contribution in [0, 0.1) is 5.82 Å². The van der Waals surface area contributed by atoms with Gasteiger partial charge in [0.25, 0.3) is 0 Å². The minimum atomic E-state index is -0.331. The van der Waals surface area contributed by atoms with E-state index in [1.807, 2.05) is 71.8 Å². The maximum Gasteiger partial charge on any atom is 0.174 e. The molecule has 0 unspecified atom stereocenters. The Bertz CT molecular complexity index is 1260. The molecule has 0 amide bonds. The largest absolute Gasteiger partial charge is 0.497 e. The Hall–Kier alpha value is -3.71. The topological polar surface area (TPSA) is 42.3 Å². The van der Waals surface area contributed by atoms with Gasteiger partial charge >= 0.3 is 0 Å². The molecule has 4 aromatic rings. The van der Waals surface area contributed by atoms with Gasteiger partial charge in [0.2, 0.25) is 0 Å². The van der Waals surface area contributed by atoms with Crippen molar-refractivity contribution in [1.82, 2.24) is 14.9 Å². The van der Waals surface area contributed by atoms with Gasteiger partial charge < -0.3 is 19.5 Å². The lowest BCUT2D eigenvalue weighted by molar-refractivity contribution is 0.414. The Morgan fingerprint density at radius 3 is 2.62 bits per heavy atom. The van der Waals surface area contributed by atoms with Gasteiger partial charge in [-0.1, -0.05) is 24.3 Å². The molecule has 0 aliphatic carbocycles. The molecule has 1 aliphatic rings. The Balaban J connectivity index is 1.68. The highest BCUT2D eigenvalue weighted by Crippen LogP contribution is 2.43. The number of nitrogens with zero attached hydrogens (tertiary/aromatic N) is 3. The number of benzene rings is 2. The highest BCUT2D eigenvalue weighted by Gasteiger charge is 2.43. The average Bonchev–Trinajstić information content (AvgIpc) is 3.44. The summed E-state index contributed by atoms with van der Waals surface area (Å²) in [6.07, 6.45) is 3.74. The molecule has 7 heteroatoms. The van der Waals surface area contributed by atoms with Gasteiger partial charge in [-0.05, 0) is 60.7 Å². The van der Waals surface area contributed by atoms with Crippen molar-refractivity contribution in [2.75, 3.05) is 12.0 Å². The molecule has 2 aromatic heterocycles. The van der Waals surface area contributed by atoms with Crippen LogP contribution in [-0.4, -0.2) is 21.8 Å². The van der Waals surface area contributed by atoms with Crippen LogP contribution in [0.3, 0.4) is 0 Å². The third-order valence-electron chi connectivity index (χ3n) is 5.62. The number of para-hydroxylation sites is 1. The summed E-state index contributed by atoms with van der Waals surface area (Å²) in [5, 5.41) is 3.83. The Morgan fingerprint density at radius 2 is 1.84 bits per heavy atom. The first-order valence-electron chi connectivity index (χ1n) is 10.2. The highest BCUT2D eigenvalue weighted by molar-refractivity contribution is 7.80. The summed E-state index contributed by atoms with van der Waals surface area (Å²) < 4.78 is 22.4. The van der Waals surface area contributed by atoms with Gasteiger partial charge in [0, 0.05) is 29.8 Å². The van der Waals surface area contributed by atoms with E-state index in [0.717, 1.165) is 22.8 Å². The first-order chi connectivity index (χ1) is 15.7. The number of rotatable bonds is 5. The van der Waals surface area contributed by atoms with Crippen LogP contribution in [0.2, 0.25) is 0 Å². The Kier molecular flexibility index (Phi) is 5.33. The van der Waals surface area contributed by atoms with Crippen LogP contribution in [-0.2, 0) is 0 Å². The van der Waals surface area contributed by atoms with E-state index in [1.54, 1.807) is 25.4 Å². The predicted molar refractivity (Wildman–Crippen MR) is 127 cm³/mol. The van der Waals surface area contributed by atoms with Gasteiger partial charge in [-0.25, -0.2) is 4.39 Å². The van der Waals surface area contributed by atoms with Crippen LogP contribution in [0.5, 0.6) is 5.75 Å². The van der Waals surface area contributed by atoms with Crippen molar-refractivity contribution < 1.29 is 9.13 Å². The van der Waals surface area contributed by atoms with Gasteiger partial charge in [0.05, 0.1) is 24.5 Å². The highest BCUT2D eigenvalue weighted by atomic mass is 32.1. The van der Waals surface area contributed by atoms with Crippen molar-refractivity contribution in [3.63, 3.8) is 0 Å². The van der Waals surface area contributed by atoms with E-state index in [4.69, 9.17) is 17.0 Å². The summed E-state index contributed by atoms with van der Waals surface area (Å²) >= 11 is 5.70. The van der Waals surface area contributed by atoms with Gasteiger partial charge in [-0.2, -0.15) is 0 Å². The molecule has 2 atom stereocenters. The van der Waals surface area contributed by atoms with Crippen LogP contribution in [0.1, 0.15) is 23.5 Å². The van der Waals surface area contributed by atoms with Gasteiger partial charge in [0.1, 0.15) is 17.6 Å². The fourth-order valence-corrected chi connectivity index (χ4v) is 4.53. The Labute approximate surface area is 191 Å². The van der Waals surface area contributed by atoms with Crippen molar-refractivity contribution in [3.05, 3.63) is 108 Å². The lowest BCUT2D eigenvalue weighted by Crippen LogP contribution is -2.31. The maximum atomic E-state index is 14.9. The second kappa shape index (κ2) is 8.43. The molecule has 1 N–H and O–H groups in total. The zero-order valence-electron chi connectivity index (χ0n) is 17.4. The summed E-state index contributed by atoms with van der Waals surface area (Å²) in [6.45, 7) is 0. The van der Waals surface area contributed by atoms with Crippen molar-refractivity contribution in [1.29, 1.82) is 0 Å². The number of thiocarbonyl (C=S) groups is 1. The number of hydrogen-bond acceptors (Lipinski definition) is 3. The zero-order chi connectivity index (χ0) is 22.1. The molecule has 1 aliphatic heterocycles. The Morgan fingerprint density at radius 1 is 1.00 bits per heavy atom. The summed E-state index contributed by atoms with van der Waals surface area (Å²) in [4.78, 5) is 6.41. The van der Waals surface area contributed by atoms with Gasteiger partial charge in [0.15, 0.2) is 5.11 Å². The number of halogens is 1. The van der Waals surface area contributed by atoms with E-state index in [-0.39, 0.29) is 17.9 Å². The molecule has 2 aromatic carbocycles. The van der Waals surface area contributed by atoms with Gasteiger partial charge in [-0.3, -0.25) is 4.98 Å². The van der Waals surface area contributed by atoms with E-state index in [9.17, 15) is 4.39 Å². The third kappa shape index (κ3) is 3.50. The summed E-state index contributed by atoms with van der Waals surface area (Å²) in [7, 11) is 1.64. The average molecular weight is 445 g/mol. The number of hydrogen-bond donors (Lipinski definition) is 1. The van der Waals surface area contributed by atoms with E-state index >= 15 is 0 Å². The second-order valence-electron chi connectivity index (χ2n) is 7.45. The number of aromatic nitrogens is 2. The number of nitrogens with one attached hydrogen (secondary N) is 1. The van der Waals surface area contributed by atoms with Crippen LogP contribution in [0.25, 0.3) is 5.69 Å². The molecule has 3 heterocycles. The molecule has 1 fully saturated rings. The smallest absolute Gasteiger partial charge is 0.174 e. The fourth-order valence-electron chi connectivity index (χ4n) is 4.19. The molecular weight excluding hydrogens is 423 g/mol. The minimum Gasteiger partial charge on any atom is -0.497 e. The molecule has 32 heavy (non-hydrogen) atoms. The first kappa shape index (κ1) is 20.2. The summed E-state index contributed by atoms with van der Waals surface area (Å²) in [6, 6.07) is 23.7. The maximum absolute atomic E-state index is 14.9. The van der Waals surface area contributed by atoms with Crippen molar-refractivity contribution in [2.24, 2.45) is 0 Å². The van der Waals surface area contributed by atoms with Crippen LogP contribution in [0.4, 0.5) is 10.1 Å². The number of methoxy groups -OCH3 is 1. The predicted octanol–water partition coefficient (Wildman–Crippen LogP) is 5.20. The second-order valence-corrected chi connectivity index (χ2v) is 7.84. The molecule has 5 nitrogen and oxygen atoms in total. The molecule has 5 rings (SSSR count). The molecule has 0 saturated carbocycles. The number of anilines is 1. The fraction of sp³-hybridized carbons (Fsp3) is 0.120. The van der Waals surface area contributed by atoms with Crippen LogP contribution >= 0.6 is 12.2 Å². The number of ether oxygens (including phenoxy) is 1. The molecule has 160 valence electrons. The minimum absolute atomic E-state index is 0.262. The van der Waals surface area contributed by atoms with Gasteiger partial charge in [-0.15, -0.1) is 0 Å². The van der Waals surface area contributed by atoms with Crippen molar-refractivity contribution in [2.45, 2.75) is 12.1 Å². The first-order valence-corrected chi connectivity index (χ1v) is 10.6. The molecule has 0 radical (unpaired) electrons. The SMILES string of the molecule is COc1cccc(-n2cccc2[C@@H]2[C@H](c3ccccn3)NC(=S)N2c2ccccc2F)c1. The normalized spacial score (nSPS) is 17.9. The number of pyridine rings is 1. The van der Waals surface area contributed by atoms with Crippen LogP contribution in [0.15, 0.2) is 91.3 Å². The van der Waals surface area contributed by atoms with E-state index < -0.39 is 0 Å². The molecule has 0 bridgehead atoms. The summed E-state index contributed by atoms with van der Waals surface area (Å²) in [5.74, 6) is 0.428. The van der Waals surface area contributed by atoms with E-state index in [1.165, 1.54) is 6.07 Å². The lowest BCUT2D eigenvalue weighted by atomic mass is 10.0. The third-order valence-corrected chi connectivity index (χ3v) is 5.94. The zero-order valence-corrected chi connectivity index (χ0v) is 18.2. The molecular formula is C25H21FN4OS. The van der Waals surface area contributed by atoms with Crippen LogP contribution < -0.4 is 15.0 Å². The van der Waals surface area contributed by atoms with E-state index in [2.05, 4.69) is 14.9 Å². The van der Waals surface area contributed by atoms with E-state index in [0.29, 0.717) is 10.8 Å². The standard InChI is InChI=1S/C25H21FN4OS/c1-31-18-9-6-8-17(16-18)29-15-7-13-22(29)24-23(20-11-4-5-14-27-20)28-25(32)30(24)21-12-3-2-10-19(21)26/h2-16,23-24H,1H3,(H,28,32)/t23-,24+/m0/s1. The van der Waals surface area contributed by atoms with Crippen molar-refractivity contribution >= 4 is 23.0 Å². The molecule has 1 saturated heterocycles.